The molecular formula is C12H17ClN2O. The van der Waals surface area contributed by atoms with Gasteiger partial charge in [0.1, 0.15) is 6.04 Å². The molecule has 0 aliphatic carbocycles. The lowest BCUT2D eigenvalue weighted by atomic mass is 10.2. The van der Waals surface area contributed by atoms with Crippen molar-refractivity contribution in [1.29, 1.82) is 0 Å². The molecule has 1 rings (SSSR count). The Balaban J connectivity index is 2.80. The highest BCUT2D eigenvalue weighted by molar-refractivity contribution is 6.30. The van der Waals surface area contributed by atoms with Crippen molar-refractivity contribution in [2.45, 2.75) is 19.9 Å². The molecular weight excluding hydrogens is 224 g/mol. The van der Waals surface area contributed by atoms with Gasteiger partial charge in [-0.2, -0.15) is 0 Å². The molecule has 1 atom stereocenters. The number of benzene rings is 1. The van der Waals surface area contributed by atoms with Crippen molar-refractivity contribution in [2.24, 2.45) is 0 Å². The Kier molecular flexibility index (Phi) is 4.19. The fourth-order valence-corrected chi connectivity index (χ4v) is 1.60. The van der Waals surface area contributed by atoms with Gasteiger partial charge in [-0.15, -0.1) is 0 Å². The van der Waals surface area contributed by atoms with E-state index < -0.39 is 0 Å². The highest BCUT2D eigenvalue weighted by Crippen LogP contribution is 2.20. The first-order chi connectivity index (χ1) is 7.41. The van der Waals surface area contributed by atoms with Gasteiger partial charge in [0.25, 0.3) is 0 Å². The van der Waals surface area contributed by atoms with Crippen molar-refractivity contribution >= 4 is 23.2 Å². The zero-order valence-corrected chi connectivity index (χ0v) is 10.8. The van der Waals surface area contributed by atoms with Gasteiger partial charge in [0.05, 0.1) is 0 Å². The maximum atomic E-state index is 11.7. The molecule has 0 fully saturated rings. The summed E-state index contributed by atoms with van der Waals surface area (Å²) in [7, 11) is 3.48. The number of halogens is 1. The Hall–Kier alpha value is -1.22. The second-order valence-corrected chi connectivity index (χ2v) is 4.49. The molecule has 1 N–H and O–H groups in total. The van der Waals surface area contributed by atoms with Gasteiger partial charge in [0.2, 0.25) is 5.91 Å². The fourth-order valence-electron chi connectivity index (χ4n) is 1.43. The van der Waals surface area contributed by atoms with Gasteiger partial charge in [-0.25, -0.2) is 0 Å². The Morgan fingerprint density at radius 1 is 1.44 bits per heavy atom. The lowest BCUT2D eigenvalue weighted by Gasteiger charge is -2.20. The van der Waals surface area contributed by atoms with Crippen molar-refractivity contribution in [3.05, 3.63) is 28.8 Å². The van der Waals surface area contributed by atoms with Gasteiger partial charge in [-0.05, 0) is 31.5 Å². The van der Waals surface area contributed by atoms with Crippen LogP contribution in [-0.4, -0.2) is 30.9 Å². The highest BCUT2D eigenvalue weighted by atomic mass is 35.5. The number of rotatable bonds is 3. The van der Waals surface area contributed by atoms with E-state index in [1.807, 2.05) is 32.0 Å². The second-order valence-electron chi connectivity index (χ2n) is 4.06. The number of likely N-dealkylation sites (N-methyl/N-ethyl adjacent to an activating group) is 1. The van der Waals surface area contributed by atoms with Crippen LogP contribution in [0.15, 0.2) is 18.2 Å². The Bertz CT molecular complexity index is 391. The number of amides is 1. The molecule has 88 valence electrons. The van der Waals surface area contributed by atoms with Gasteiger partial charge in [-0.3, -0.25) is 4.79 Å². The van der Waals surface area contributed by atoms with E-state index in [1.165, 1.54) is 0 Å². The van der Waals surface area contributed by atoms with Crippen LogP contribution < -0.4 is 5.32 Å². The first-order valence-corrected chi connectivity index (χ1v) is 5.53. The number of anilines is 1. The fraction of sp³-hybridized carbons (Fsp3) is 0.417. The Morgan fingerprint density at radius 3 is 2.62 bits per heavy atom. The van der Waals surface area contributed by atoms with Crippen molar-refractivity contribution < 1.29 is 4.79 Å². The third-order valence-corrected chi connectivity index (χ3v) is 2.62. The quantitative estimate of drug-likeness (QED) is 0.881. The molecule has 1 amide bonds. The molecule has 0 bridgehead atoms. The Morgan fingerprint density at radius 2 is 2.06 bits per heavy atom. The van der Waals surface area contributed by atoms with E-state index in [1.54, 1.807) is 19.0 Å². The predicted molar refractivity (Wildman–Crippen MR) is 68.0 cm³/mol. The van der Waals surface area contributed by atoms with Crippen LogP contribution in [0.2, 0.25) is 5.02 Å². The number of carbonyl (C=O) groups is 1. The molecule has 0 aliphatic heterocycles. The minimum Gasteiger partial charge on any atom is -0.374 e. The standard InChI is InChI=1S/C12H17ClN2O/c1-8-5-6-10(13)7-11(8)14-9(2)12(16)15(3)4/h5-7,9,14H,1-4H3. The lowest BCUT2D eigenvalue weighted by molar-refractivity contribution is -0.129. The van der Waals surface area contributed by atoms with E-state index in [4.69, 9.17) is 11.6 Å². The summed E-state index contributed by atoms with van der Waals surface area (Å²) in [6, 6.07) is 5.33. The van der Waals surface area contributed by atoms with Crippen LogP contribution in [0.25, 0.3) is 0 Å². The second kappa shape index (κ2) is 5.21. The molecule has 4 heteroatoms. The molecule has 0 aliphatic rings. The van der Waals surface area contributed by atoms with Crippen molar-refractivity contribution in [3.63, 3.8) is 0 Å². The first kappa shape index (κ1) is 12.8. The van der Waals surface area contributed by atoms with Crippen molar-refractivity contribution in [2.75, 3.05) is 19.4 Å². The summed E-state index contributed by atoms with van der Waals surface area (Å²) >= 11 is 5.91. The average Bonchev–Trinajstić information content (AvgIpc) is 2.22. The number of hydrogen-bond donors (Lipinski definition) is 1. The summed E-state index contributed by atoms with van der Waals surface area (Å²) in [5, 5.41) is 3.82. The maximum absolute atomic E-state index is 11.7. The summed E-state index contributed by atoms with van der Waals surface area (Å²) in [5.41, 5.74) is 1.97. The van der Waals surface area contributed by atoms with Gasteiger partial charge in [0.15, 0.2) is 0 Å². The molecule has 1 aromatic carbocycles. The average molecular weight is 241 g/mol. The maximum Gasteiger partial charge on any atom is 0.244 e. The molecule has 1 unspecified atom stereocenters. The smallest absolute Gasteiger partial charge is 0.244 e. The van der Waals surface area contributed by atoms with E-state index in [-0.39, 0.29) is 11.9 Å². The minimum atomic E-state index is -0.257. The summed E-state index contributed by atoms with van der Waals surface area (Å²) in [6.07, 6.45) is 0. The van der Waals surface area contributed by atoms with Crippen LogP contribution in [0.4, 0.5) is 5.69 Å². The van der Waals surface area contributed by atoms with E-state index >= 15 is 0 Å². The third-order valence-electron chi connectivity index (χ3n) is 2.38. The van der Waals surface area contributed by atoms with Crippen LogP contribution in [0.1, 0.15) is 12.5 Å². The van der Waals surface area contributed by atoms with Crippen LogP contribution in [0, 0.1) is 6.92 Å². The highest BCUT2D eigenvalue weighted by Gasteiger charge is 2.15. The van der Waals surface area contributed by atoms with E-state index in [2.05, 4.69) is 5.32 Å². The SMILES string of the molecule is Cc1ccc(Cl)cc1NC(C)C(=O)N(C)C. The molecule has 0 aromatic heterocycles. The van der Waals surface area contributed by atoms with E-state index in [0.717, 1.165) is 11.3 Å². The normalized spacial score (nSPS) is 12.1. The van der Waals surface area contributed by atoms with Gasteiger partial charge >= 0.3 is 0 Å². The van der Waals surface area contributed by atoms with Crippen molar-refractivity contribution in [3.8, 4) is 0 Å². The van der Waals surface area contributed by atoms with Crippen molar-refractivity contribution in [1.82, 2.24) is 4.90 Å². The largest absolute Gasteiger partial charge is 0.374 e. The summed E-state index contributed by atoms with van der Waals surface area (Å²) in [4.78, 5) is 13.2. The van der Waals surface area contributed by atoms with Gasteiger partial charge < -0.3 is 10.2 Å². The number of carbonyl (C=O) groups excluding carboxylic acids is 1. The van der Waals surface area contributed by atoms with E-state index in [0.29, 0.717) is 5.02 Å². The number of nitrogens with one attached hydrogen (secondary N) is 1. The molecule has 0 spiro atoms. The van der Waals surface area contributed by atoms with Crippen LogP contribution >= 0.6 is 11.6 Å². The number of aryl methyl sites for hydroxylation is 1. The monoisotopic (exact) mass is 240 g/mol. The first-order valence-electron chi connectivity index (χ1n) is 5.15. The summed E-state index contributed by atoms with van der Waals surface area (Å²) < 4.78 is 0. The number of hydrogen-bond acceptors (Lipinski definition) is 2. The summed E-state index contributed by atoms with van der Waals surface area (Å²) in [5.74, 6) is 0.0411. The van der Waals surface area contributed by atoms with Crippen LogP contribution in [0.5, 0.6) is 0 Å². The molecule has 1 aromatic rings. The number of nitrogens with zero attached hydrogens (tertiary/aromatic N) is 1. The third kappa shape index (κ3) is 3.14. The zero-order valence-electron chi connectivity index (χ0n) is 10.0. The molecule has 0 saturated carbocycles. The minimum absolute atomic E-state index is 0.0411. The molecule has 0 radical (unpaired) electrons. The Labute approximate surface area is 101 Å². The molecule has 3 nitrogen and oxygen atoms in total. The molecule has 0 heterocycles. The van der Waals surface area contributed by atoms with Crippen LogP contribution in [0.3, 0.4) is 0 Å². The van der Waals surface area contributed by atoms with Gasteiger partial charge in [-0.1, -0.05) is 17.7 Å². The zero-order chi connectivity index (χ0) is 12.3. The van der Waals surface area contributed by atoms with Gasteiger partial charge in [0, 0.05) is 24.8 Å². The predicted octanol–water partition coefficient (Wildman–Crippen LogP) is 2.54. The molecule has 16 heavy (non-hydrogen) atoms. The topological polar surface area (TPSA) is 32.3 Å². The van der Waals surface area contributed by atoms with E-state index in [9.17, 15) is 4.79 Å². The van der Waals surface area contributed by atoms with Crippen LogP contribution in [-0.2, 0) is 4.79 Å². The summed E-state index contributed by atoms with van der Waals surface area (Å²) in [6.45, 7) is 3.81. The lowest BCUT2D eigenvalue weighted by Crippen LogP contribution is -2.36. The molecule has 0 saturated heterocycles.